The average Bonchev–Trinajstić information content (AvgIpc) is 2.29. The molecule has 0 aromatic heterocycles. The molecule has 90 valence electrons. The fourth-order valence-electron chi connectivity index (χ4n) is 1.89. The lowest BCUT2D eigenvalue weighted by atomic mass is 10.0. The van der Waals surface area contributed by atoms with Gasteiger partial charge in [0.2, 0.25) is 0 Å². The molecule has 0 N–H and O–H groups in total. The first-order valence-electron chi connectivity index (χ1n) is 5.32. The predicted molar refractivity (Wildman–Crippen MR) is 73.8 cm³/mol. The maximum absolute atomic E-state index is 11.9. The molecule has 1 heterocycles. The zero-order valence-corrected chi connectivity index (χ0v) is 12.1. The van der Waals surface area contributed by atoms with E-state index in [-0.39, 0.29) is 11.9 Å². The van der Waals surface area contributed by atoms with Gasteiger partial charge in [-0.3, -0.25) is 4.79 Å². The van der Waals surface area contributed by atoms with Crippen molar-refractivity contribution < 1.29 is 9.53 Å². The molecule has 0 saturated carbocycles. The molecule has 1 atom stereocenters. The molecule has 1 unspecified atom stereocenters. The first-order valence-corrected chi connectivity index (χ1v) is 7.33. The molecule has 0 amide bonds. The third kappa shape index (κ3) is 2.75. The van der Waals surface area contributed by atoms with Crippen molar-refractivity contribution in [1.29, 1.82) is 0 Å². The zero-order valence-electron chi connectivity index (χ0n) is 9.70. The molecule has 0 radical (unpaired) electrons. The van der Waals surface area contributed by atoms with E-state index < -0.39 is 0 Å². The molecule has 17 heavy (non-hydrogen) atoms. The fraction of sp³-hybridized carbons (Fsp3) is 0.308. The summed E-state index contributed by atoms with van der Waals surface area (Å²) in [4.78, 5) is 12.7. The summed E-state index contributed by atoms with van der Waals surface area (Å²) in [5, 5.41) is 0. The van der Waals surface area contributed by atoms with Crippen molar-refractivity contribution in [3.05, 3.63) is 45.0 Å². The number of benzene rings is 1. The minimum Gasteiger partial charge on any atom is -0.489 e. The van der Waals surface area contributed by atoms with Crippen molar-refractivity contribution in [3.8, 4) is 0 Å². The van der Waals surface area contributed by atoms with Crippen LogP contribution in [0, 0.1) is 0 Å². The number of allylic oxidation sites excluding steroid dienone is 2. The van der Waals surface area contributed by atoms with E-state index in [0.717, 1.165) is 20.7 Å². The predicted octanol–water partition coefficient (Wildman–Crippen LogP) is 4.07. The highest BCUT2D eigenvalue weighted by Crippen LogP contribution is 2.35. The Morgan fingerprint density at radius 3 is 2.53 bits per heavy atom. The molecule has 4 heteroatoms. The maximum atomic E-state index is 11.9. The van der Waals surface area contributed by atoms with Crippen molar-refractivity contribution >= 4 is 33.5 Å². The first kappa shape index (κ1) is 12.7. The van der Waals surface area contributed by atoms with Crippen LogP contribution in [0.5, 0.6) is 0 Å². The summed E-state index contributed by atoms with van der Waals surface area (Å²) in [6.45, 7) is 1.86. The molecule has 2 rings (SSSR count). The molecule has 1 aliphatic rings. The molecule has 0 aliphatic carbocycles. The van der Waals surface area contributed by atoms with Gasteiger partial charge in [0, 0.05) is 4.47 Å². The maximum Gasteiger partial charge on any atom is 0.176 e. The van der Waals surface area contributed by atoms with E-state index in [9.17, 15) is 4.79 Å². The van der Waals surface area contributed by atoms with Crippen LogP contribution in [0.1, 0.15) is 25.0 Å². The highest BCUT2D eigenvalue weighted by atomic mass is 79.9. The van der Waals surface area contributed by atoms with E-state index in [4.69, 9.17) is 4.74 Å². The standard InChI is InChI=1S/C13H13BrO2S/c1-8-13(17-2)11(15)7-12(16-8)9-3-5-10(14)6-4-9/h3-6,12H,7H2,1-2H3. The number of halogens is 1. The van der Waals surface area contributed by atoms with Gasteiger partial charge in [0.25, 0.3) is 0 Å². The number of Topliss-reactive ketones (excluding diaryl/α,β-unsaturated/α-hetero) is 1. The quantitative estimate of drug-likeness (QED) is 0.823. The number of ether oxygens (including phenoxy) is 1. The molecule has 1 aliphatic heterocycles. The van der Waals surface area contributed by atoms with Crippen LogP contribution in [0.15, 0.2) is 39.4 Å². The summed E-state index contributed by atoms with van der Waals surface area (Å²) in [5.41, 5.74) is 1.04. The van der Waals surface area contributed by atoms with Crippen LogP contribution in [0.3, 0.4) is 0 Å². The summed E-state index contributed by atoms with van der Waals surface area (Å²) >= 11 is 4.85. The van der Waals surface area contributed by atoms with Crippen molar-refractivity contribution in [1.82, 2.24) is 0 Å². The fourth-order valence-corrected chi connectivity index (χ4v) is 2.80. The van der Waals surface area contributed by atoms with Crippen LogP contribution in [0.25, 0.3) is 0 Å². The second-order valence-corrected chi connectivity index (χ2v) is 5.61. The third-order valence-electron chi connectivity index (χ3n) is 2.71. The number of carbonyl (C=O) groups is 1. The van der Waals surface area contributed by atoms with Gasteiger partial charge in [-0.05, 0) is 30.9 Å². The number of carbonyl (C=O) groups excluding carboxylic acids is 1. The lowest BCUT2D eigenvalue weighted by molar-refractivity contribution is -0.119. The Labute approximate surface area is 114 Å². The summed E-state index contributed by atoms with van der Waals surface area (Å²) in [6, 6.07) is 7.90. The normalized spacial score (nSPS) is 20.4. The molecule has 0 bridgehead atoms. The first-order chi connectivity index (χ1) is 8.11. The van der Waals surface area contributed by atoms with Gasteiger partial charge in [-0.15, -0.1) is 11.8 Å². The smallest absolute Gasteiger partial charge is 0.176 e. The number of rotatable bonds is 2. The molecular weight excluding hydrogens is 300 g/mol. The van der Waals surface area contributed by atoms with Crippen LogP contribution < -0.4 is 0 Å². The molecule has 0 saturated heterocycles. The molecule has 1 aromatic rings. The van der Waals surface area contributed by atoms with E-state index in [1.54, 1.807) is 0 Å². The molecule has 1 aromatic carbocycles. The van der Waals surface area contributed by atoms with Gasteiger partial charge in [-0.25, -0.2) is 0 Å². The lowest BCUT2D eigenvalue weighted by Gasteiger charge is -2.25. The molecule has 2 nitrogen and oxygen atoms in total. The largest absolute Gasteiger partial charge is 0.489 e. The van der Waals surface area contributed by atoms with Gasteiger partial charge < -0.3 is 4.74 Å². The monoisotopic (exact) mass is 312 g/mol. The SMILES string of the molecule is CSC1=C(C)OC(c2ccc(Br)cc2)CC1=O. The second-order valence-electron chi connectivity index (χ2n) is 3.87. The van der Waals surface area contributed by atoms with Gasteiger partial charge in [0.1, 0.15) is 11.9 Å². The van der Waals surface area contributed by atoms with Crippen molar-refractivity contribution in [2.24, 2.45) is 0 Å². The summed E-state index contributed by atoms with van der Waals surface area (Å²) < 4.78 is 6.84. The van der Waals surface area contributed by atoms with Crippen LogP contribution >= 0.6 is 27.7 Å². The molecule has 0 fully saturated rings. The van der Waals surface area contributed by atoms with E-state index >= 15 is 0 Å². The Morgan fingerprint density at radius 2 is 2.00 bits per heavy atom. The second kappa shape index (κ2) is 5.27. The minimum absolute atomic E-state index is 0.147. The van der Waals surface area contributed by atoms with Crippen LogP contribution in [0.4, 0.5) is 0 Å². The van der Waals surface area contributed by atoms with Crippen LogP contribution in [-0.4, -0.2) is 12.0 Å². The lowest BCUT2D eigenvalue weighted by Crippen LogP contribution is -2.18. The Balaban J connectivity index is 2.24. The van der Waals surface area contributed by atoms with E-state index in [0.29, 0.717) is 6.42 Å². The number of hydrogen-bond acceptors (Lipinski definition) is 3. The zero-order chi connectivity index (χ0) is 12.4. The van der Waals surface area contributed by atoms with Crippen LogP contribution in [0.2, 0.25) is 0 Å². The molecular formula is C13H13BrO2S. The van der Waals surface area contributed by atoms with Gasteiger partial charge in [0.05, 0.1) is 11.3 Å². The highest BCUT2D eigenvalue weighted by molar-refractivity contribution is 9.10. The average molecular weight is 313 g/mol. The van der Waals surface area contributed by atoms with Gasteiger partial charge in [0.15, 0.2) is 5.78 Å². The van der Waals surface area contributed by atoms with E-state index in [1.807, 2.05) is 37.4 Å². The number of hydrogen-bond donors (Lipinski definition) is 0. The topological polar surface area (TPSA) is 26.3 Å². The number of ketones is 1. The summed E-state index contributed by atoms with van der Waals surface area (Å²) in [6.07, 6.45) is 2.18. The Bertz CT molecular complexity index is 465. The van der Waals surface area contributed by atoms with Gasteiger partial charge in [-0.1, -0.05) is 28.1 Å². The number of thioether (sulfide) groups is 1. The van der Waals surface area contributed by atoms with Gasteiger partial charge >= 0.3 is 0 Å². The van der Waals surface area contributed by atoms with Crippen LogP contribution in [-0.2, 0) is 9.53 Å². The van der Waals surface area contributed by atoms with Crippen molar-refractivity contribution in [2.45, 2.75) is 19.4 Å². The molecule has 0 spiro atoms. The van der Waals surface area contributed by atoms with Gasteiger partial charge in [-0.2, -0.15) is 0 Å². The van der Waals surface area contributed by atoms with Crippen molar-refractivity contribution in [3.63, 3.8) is 0 Å². The van der Waals surface area contributed by atoms with Crippen molar-refractivity contribution in [2.75, 3.05) is 6.26 Å². The Kier molecular flexibility index (Phi) is 3.94. The van der Waals surface area contributed by atoms with E-state index in [2.05, 4.69) is 15.9 Å². The minimum atomic E-state index is -0.147. The van der Waals surface area contributed by atoms with E-state index in [1.165, 1.54) is 11.8 Å². The summed E-state index contributed by atoms with van der Waals surface area (Å²) in [7, 11) is 0. The Hall–Kier alpha value is -0.740. The summed E-state index contributed by atoms with van der Waals surface area (Å²) in [5.74, 6) is 0.913. The third-order valence-corrected chi connectivity index (χ3v) is 4.16. The Morgan fingerprint density at radius 1 is 1.35 bits per heavy atom. The highest BCUT2D eigenvalue weighted by Gasteiger charge is 2.27.